The van der Waals surface area contributed by atoms with Gasteiger partial charge in [0, 0.05) is 13.1 Å². The van der Waals surface area contributed by atoms with Gasteiger partial charge >= 0.3 is 11.9 Å². The van der Waals surface area contributed by atoms with Crippen molar-refractivity contribution in [2.24, 2.45) is 5.41 Å². The fourth-order valence-corrected chi connectivity index (χ4v) is 3.03. The molecule has 0 radical (unpaired) electrons. The van der Waals surface area contributed by atoms with Crippen molar-refractivity contribution in [2.45, 2.75) is 38.5 Å². The SMILES string of the molecule is COC(=O)C(=O)N1CCC2(CCCC2)CC1. The number of piperidine rings is 1. The largest absolute Gasteiger partial charge is 0.462 e. The molecule has 1 amide bonds. The average molecular weight is 225 g/mol. The Kier molecular flexibility index (Phi) is 3.17. The van der Waals surface area contributed by atoms with Gasteiger partial charge in [0.1, 0.15) is 0 Å². The van der Waals surface area contributed by atoms with Gasteiger partial charge < -0.3 is 9.64 Å². The average Bonchev–Trinajstić information content (AvgIpc) is 2.77. The molecule has 0 aromatic rings. The van der Waals surface area contributed by atoms with E-state index in [0.717, 1.165) is 12.8 Å². The lowest BCUT2D eigenvalue weighted by atomic mass is 9.77. The summed E-state index contributed by atoms with van der Waals surface area (Å²) in [5.41, 5.74) is 0.479. The summed E-state index contributed by atoms with van der Waals surface area (Å²) in [6.07, 6.45) is 7.35. The van der Waals surface area contributed by atoms with Crippen LogP contribution in [0.15, 0.2) is 0 Å². The van der Waals surface area contributed by atoms with Gasteiger partial charge in [-0.1, -0.05) is 12.8 Å². The molecule has 0 aromatic heterocycles. The van der Waals surface area contributed by atoms with Gasteiger partial charge in [0.05, 0.1) is 7.11 Å². The topological polar surface area (TPSA) is 46.6 Å². The van der Waals surface area contributed by atoms with Gasteiger partial charge in [-0.3, -0.25) is 4.79 Å². The van der Waals surface area contributed by atoms with Crippen LogP contribution < -0.4 is 0 Å². The number of ether oxygens (including phenoxy) is 1. The zero-order valence-electron chi connectivity index (χ0n) is 9.83. The monoisotopic (exact) mass is 225 g/mol. The number of rotatable bonds is 0. The summed E-state index contributed by atoms with van der Waals surface area (Å²) in [5, 5.41) is 0. The van der Waals surface area contributed by atoms with Gasteiger partial charge in [0.2, 0.25) is 0 Å². The Morgan fingerprint density at radius 3 is 2.12 bits per heavy atom. The fourth-order valence-electron chi connectivity index (χ4n) is 3.03. The lowest BCUT2D eigenvalue weighted by Gasteiger charge is -2.38. The van der Waals surface area contributed by atoms with E-state index in [1.807, 2.05) is 0 Å². The number of esters is 1. The molecule has 0 unspecified atom stereocenters. The lowest BCUT2D eigenvalue weighted by molar-refractivity contribution is -0.159. The molecule has 4 nitrogen and oxygen atoms in total. The van der Waals surface area contributed by atoms with E-state index in [2.05, 4.69) is 4.74 Å². The molecule has 0 atom stereocenters. The maximum Gasteiger partial charge on any atom is 0.396 e. The molecule has 0 bridgehead atoms. The minimum absolute atomic E-state index is 0.477. The highest BCUT2D eigenvalue weighted by Gasteiger charge is 2.39. The molecule has 16 heavy (non-hydrogen) atoms. The number of amides is 1. The van der Waals surface area contributed by atoms with E-state index in [0.29, 0.717) is 18.5 Å². The molecule has 2 fully saturated rings. The summed E-state index contributed by atoms with van der Waals surface area (Å²) in [5.74, 6) is -1.21. The minimum Gasteiger partial charge on any atom is -0.462 e. The maximum atomic E-state index is 11.6. The van der Waals surface area contributed by atoms with E-state index in [-0.39, 0.29) is 0 Å². The summed E-state index contributed by atoms with van der Waals surface area (Å²) in [7, 11) is 1.25. The minimum atomic E-state index is -0.734. The number of likely N-dealkylation sites (tertiary alicyclic amines) is 1. The van der Waals surface area contributed by atoms with Crippen molar-refractivity contribution in [1.29, 1.82) is 0 Å². The first-order valence-electron chi connectivity index (χ1n) is 6.04. The van der Waals surface area contributed by atoms with Crippen molar-refractivity contribution >= 4 is 11.9 Å². The normalized spacial score (nSPS) is 23.4. The van der Waals surface area contributed by atoms with Crippen LogP contribution in [0.1, 0.15) is 38.5 Å². The van der Waals surface area contributed by atoms with Crippen LogP contribution in [0, 0.1) is 5.41 Å². The third kappa shape index (κ3) is 2.06. The first kappa shape index (κ1) is 11.4. The molecule has 1 saturated carbocycles. The number of nitrogens with zero attached hydrogens (tertiary/aromatic N) is 1. The van der Waals surface area contributed by atoms with Gasteiger partial charge in [-0.15, -0.1) is 0 Å². The van der Waals surface area contributed by atoms with Crippen molar-refractivity contribution in [2.75, 3.05) is 20.2 Å². The molecule has 4 heteroatoms. The first-order chi connectivity index (χ1) is 7.67. The molecule has 0 aromatic carbocycles. The Morgan fingerprint density at radius 2 is 1.62 bits per heavy atom. The molecule has 1 heterocycles. The Labute approximate surface area is 95.9 Å². The van der Waals surface area contributed by atoms with Crippen LogP contribution in [-0.4, -0.2) is 37.0 Å². The highest BCUT2D eigenvalue weighted by Crippen LogP contribution is 2.46. The fraction of sp³-hybridized carbons (Fsp3) is 0.833. The van der Waals surface area contributed by atoms with Crippen LogP contribution in [0.3, 0.4) is 0 Å². The van der Waals surface area contributed by atoms with E-state index in [1.54, 1.807) is 4.90 Å². The molecule has 0 N–H and O–H groups in total. The van der Waals surface area contributed by atoms with Crippen molar-refractivity contribution in [3.05, 3.63) is 0 Å². The summed E-state index contributed by atoms with van der Waals surface area (Å²) in [4.78, 5) is 24.3. The van der Waals surface area contributed by atoms with Crippen LogP contribution in [0.2, 0.25) is 0 Å². The molecule has 2 rings (SSSR count). The third-order valence-electron chi connectivity index (χ3n) is 4.14. The molecule has 90 valence electrons. The predicted molar refractivity (Wildman–Crippen MR) is 58.7 cm³/mol. The summed E-state index contributed by atoms with van der Waals surface area (Å²) >= 11 is 0. The summed E-state index contributed by atoms with van der Waals surface area (Å²) in [6.45, 7) is 1.43. The van der Waals surface area contributed by atoms with Crippen molar-refractivity contribution in [3.8, 4) is 0 Å². The Morgan fingerprint density at radius 1 is 1.06 bits per heavy atom. The second-order valence-corrected chi connectivity index (χ2v) is 4.99. The van der Waals surface area contributed by atoms with Gasteiger partial charge in [0.25, 0.3) is 0 Å². The van der Waals surface area contributed by atoms with Crippen LogP contribution in [0.5, 0.6) is 0 Å². The van der Waals surface area contributed by atoms with Crippen molar-refractivity contribution < 1.29 is 14.3 Å². The van der Waals surface area contributed by atoms with E-state index < -0.39 is 11.9 Å². The first-order valence-corrected chi connectivity index (χ1v) is 6.04. The van der Waals surface area contributed by atoms with Crippen LogP contribution in [-0.2, 0) is 14.3 Å². The maximum absolute atomic E-state index is 11.6. The number of carbonyl (C=O) groups excluding carboxylic acids is 2. The van der Waals surface area contributed by atoms with E-state index in [9.17, 15) is 9.59 Å². The molecule has 1 saturated heterocycles. The molecular weight excluding hydrogens is 206 g/mol. The third-order valence-corrected chi connectivity index (χ3v) is 4.14. The molecule has 1 spiro atoms. The number of methoxy groups -OCH3 is 1. The number of hydrogen-bond donors (Lipinski definition) is 0. The van der Waals surface area contributed by atoms with E-state index in [4.69, 9.17) is 0 Å². The quantitative estimate of drug-likeness (QED) is 0.461. The Hall–Kier alpha value is -1.06. The van der Waals surface area contributed by atoms with Gasteiger partial charge in [0.15, 0.2) is 0 Å². The zero-order valence-corrected chi connectivity index (χ0v) is 9.83. The second kappa shape index (κ2) is 4.44. The molecule has 1 aliphatic carbocycles. The van der Waals surface area contributed by atoms with Gasteiger partial charge in [-0.2, -0.15) is 0 Å². The predicted octanol–water partition coefficient (Wildman–Crippen LogP) is 1.34. The molecule has 2 aliphatic rings. The summed E-state index contributed by atoms with van der Waals surface area (Å²) in [6, 6.07) is 0. The van der Waals surface area contributed by atoms with Crippen molar-refractivity contribution in [3.63, 3.8) is 0 Å². The van der Waals surface area contributed by atoms with E-state index >= 15 is 0 Å². The number of hydrogen-bond acceptors (Lipinski definition) is 3. The summed E-state index contributed by atoms with van der Waals surface area (Å²) < 4.78 is 4.45. The highest BCUT2D eigenvalue weighted by atomic mass is 16.5. The van der Waals surface area contributed by atoms with Crippen molar-refractivity contribution in [1.82, 2.24) is 4.90 Å². The van der Waals surface area contributed by atoms with Gasteiger partial charge in [-0.25, -0.2) is 4.79 Å². The highest BCUT2D eigenvalue weighted by molar-refractivity contribution is 6.32. The Balaban J connectivity index is 1.89. The smallest absolute Gasteiger partial charge is 0.396 e. The molecular formula is C12H19NO3. The van der Waals surface area contributed by atoms with Crippen LogP contribution in [0.25, 0.3) is 0 Å². The zero-order chi connectivity index (χ0) is 11.6. The number of carbonyl (C=O) groups is 2. The van der Waals surface area contributed by atoms with E-state index in [1.165, 1.54) is 32.8 Å². The molecule has 1 aliphatic heterocycles. The van der Waals surface area contributed by atoms with Gasteiger partial charge in [-0.05, 0) is 31.1 Å². The van der Waals surface area contributed by atoms with Crippen LogP contribution in [0.4, 0.5) is 0 Å². The lowest BCUT2D eigenvalue weighted by Crippen LogP contribution is -2.45. The van der Waals surface area contributed by atoms with Crippen LogP contribution >= 0.6 is 0 Å². The standard InChI is InChI=1S/C12H19NO3/c1-16-11(15)10(14)13-8-6-12(7-9-13)4-2-3-5-12/h2-9H2,1H3. The Bertz CT molecular complexity index is 285. The second-order valence-electron chi connectivity index (χ2n) is 4.99.